The molecule has 0 bridgehead atoms. The average molecular weight is 242 g/mol. The normalized spacial score (nSPS) is 13.1. The van der Waals surface area contributed by atoms with Gasteiger partial charge in [0, 0.05) is 12.4 Å². The van der Waals surface area contributed by atoms with E-state index < -0.39 is 0 Å². The van der Waals surface area contributed by atoms with Gasteiger partial charge in [-0.15, -0.1) is 0 Å². The van der Waals surface area contributed by atoms with Gasteiger partial charge in [-0.25, -0.2) is 0 Å². The summed E-state index contributed by atoms with van der Waals surface area (Å²) in [6.07, 6.45) is 10.8. The first-order valence-electron chi connectivity index (χ1n) is 6.50. The number of nitrogens with zero attached hydrogens (tertiary/aromatic N) is 2. The lowest BCUT2D eigenvalue weighted by atomic mass is 10.1. The second-order valence-electron chi connectivity index (χ2n) is 4.44. The Balaban J connectivity index is 2.99. The first-order chi connectivity index (χ1) is 8.69. The maximum absolute atomic E-state index is 4.48. The van der Waals surface area contributed by atoms with Gasteiger partial charge in [-0.05, 0) is 37.0 Å². The minimum absolute atomic E-state index is 0.508. The van der Waals surface area contributed by atoms with Crippen molar-refractivity contribution in [1.29, 1.82) is 0 Å². The molecule has 0 N–H and O–H groups in total. The Kier molecular flexibility index (Phi) is 6.06. The lowest BCUT2D eigenvalue weighted by molar-refractivity contribution is 0.857. The number of aromatic nitrogens is 1. The van der Waals surface area contributed by atoms with E-state index >= 15 is 0 Å². The van der Waals surface area contributed by atoms with Crippen molar-refractivity contribution < 1.29 is 0 Å². The molecule has 0 unspecified atom stereocenters. The van der Waals surface area contributed by atoms with Crippen LogP contribution in [0.15, 0.2) is 47.7 Å². The van der Waals surface area contributed by atoms with E-state index in [4.69, 9.17) is 0 Å². The molecule has 0 saturated carbocycles. The largest absolute Gasteiger partial charge is 0.255 e. The van der Waals surface area contributed by atoms with Gasteiger partial charge >= 0.3 is 0 Å². The Morgan fingerprint density at radius 1 is 1.39 bits per heavy atom. The molecule has 0 amide bonds. The minimum Gasteiger partial charge on any atom is -0.255 e. The fourth-order valence-electron chi connectivity index (χ4n) is 1.49. The van der Waals surface area contributed by atoms with Crippen molar-refractivity contribution in [3.05, 3.63) is 54.0 Å². The van der Waals surface area contributed by atoms with Crippen molar-refractivity contribution >= 4 is 5.71 Å². The Morgan fingerprint density at radius 2 is 2.17 bits per heavy atom. The molecule has 0 aliphatic heterocycles. The predicted octanol–water partition coefficient (Wildman–Crippen LogP) is 4.49. The molecule has 2 heteroatoms. The molecule has 96 valence electrons. The van der Waals surface area contributed by atoms with Gasteiger partial charge in [-0.1, -0.05) is 39.0 Å². The number of aliphatic imine (C=N–C) groups is 1. The number of hydrogen-bond donors (Lipinski definition) is 0. The third-order valence-corrected chi connectivity index (χ3v) is 2.59. The molecule has 0 aliphatic carbocycles. The highest BCUT2D eigenvalue weighted by Gasteiger charge is 2.03. The Bertz CT molecular complexity index is 437. The van der Waals surface area contributed by atoms with E-state index in [1.54, 1.807) is 0 Å². The zero-order chi connectivity index (χ0) is 13.4. The Morgan fingerprint density at radius 3 is 2.67 bits per heavy atom. The van der Waals surface area contributed by atoms with E-state index in [-0.39, 0.29) is 0 Å². The first-order valence-corrected chi connectivity index (χ1v) is 6.50. The van der Waals surface area contributed by atoms with Crippen molar-refractivity contribution in [2.24, 2.45) is 4.99 Å². The third kappa shape index (κ3) is 4.28. The van der Waals surface area contributed by atoms with Crippen molar-refractivity contribution in [3.8, 4) is 0 Å². The fraction of sp³-hybridized carbons (Fsp3) is 0.375. The molecule has 0 aliphatic rings. The van der Waals surface area contributed by atoms with Gasteiger partial charge < -0.3 is 0 Å². The molecular formula is C16H22N2. The SMILES string of the molecule is C\C=C/C(=N/C=C/CC)c1ccc(C(C)C)cn1. The number of allylic oxidation sites excluding steroid dienone is 3. The molecule has 2 nitrogen and oxygen atoms in total. The molecule has 1 rings (SSSR count). The number of rotatable bonds is 5. The zero-order valence-corrected chi connectivity index (χ0v) is 11.7. The second-order valence-corrected chi connectivity index (χ2v) is 4.44. The van der Waals surface area contributed by atoms with Crippen molar-refractivity contribution in [1.82, 2.24) is 4.98 Å². The summed E-state index contributed by atoms with van der Waals surface area (Å²) in [5, 5.41) is 0. The Labute approximate surface area is 110 Å². The van der Waals surface area contributed by atoms with E-state index in [1.165, 1.54) is 5.56 Å². The van der Waals surface area contributed by atoms with Gasteiger partial charge in [0.05, 0.1) is 11.4 Å². The van der Waals surface area contributed by atoms with E-state index in [0.29, 0.717) is 5.92 Å². The first kappa shape index (κ1) is 14.4. The van der Waals surface area contributed by atoms with Crippen LogP contribution in [0, 0.1) is 0 Å². The van der Waals surface area contributed by atoms with Gasteiger partial charge in [0.1, 0.15) is 0 Å². The fourth-order valence-corrected chi connectivity index (χ4v) is 1.49. The summed E-state index contributed by atoms with van der Waals surface area (Å²) in [6, 6.07) is 4.16. The highest BCUT2D eigenvalue weighted by atomic mass is 14.8. The van der Waals surface area contributed by atoms with Crippen LogP contribution in [0.2, 0.25) is 0 Å². The van der Waals surface area contributed by atoms with Gasteiger partial charge in [0.25, 0.3) is 0 Å². The van der Waals surface area contributed by atoms with Crippen molar-refractivity contribution in [3.63, 3.8) is 0 Å². The molecule has 0 atom stereocenters. The predicted molar refractivity (Wildman–Crippen MR) is 79.1 cm³/mol. The molecule has 1 aromatic rings. The molecule has 1 heterocycles. The molecule has 18 heavy (non-hydrogen) atoms. The van der Waals surface area contributed by atoms with Crippen LogP contribution >= 0.6 is 0 Å². The van der Waals surface area contributed by atoms with Crippen LogP contribution in [0.4, 0.5) is 0 Å². The van der Waals surface area contributed by atoms with E-state index in [9.17, 15) is 0 Å². The van der Waals surface area contributed by atoms with Crippen LogP contribution in [0.1, 0.15) is 51.3 Å². The summed E-state index contributed by atoms with van der Waals surface area (Å²) < 4.78 is 0. The summed E-state index contributed by atoms with van der Waals surface area (Å²) in [6.45, 7) is 8.42. The number of hydrogen-bond acceptors (Lipinski definition) is 2. The topological polar surface area (TPSA) is 25.2 Å². The van der Waals surface area contributed by atoms with Gasteiger partial charge in [0.15, 0.2) is 0 Å². The summed E-state index contributed by atoms with van der Waals surface area (Å²) in [4.78, 5) is 8.92. The monoisotopic (exact) mass is 242 g/mol. The maximum Gasteiger partial charge on any atom is 0.0886 e. The van der Waals surface area contributed by atoms with E-state index in [1.807, 2.05) is 43.6 Å². The summed E-state index contributed by atoms with van der Waals surface area (Å²) >= 11 is 0. The Hall–Kier alpha value is -1.70. The standard InChI is InChI=1S/C16H22N2/c1-5-7-11-17-15(8-6-2)16-10-9-14(12-18-16)13(3)4/h6-13H,5H2,1-4H3/b8-6-,11-7+,17-15-. The summed E-state index contributed by atoms with van der Waals surface area (Å²) in [5.41, 5.74) is 3.07. The van der Waals surface area contributed by atoms with Gasteiger partial charge in [-0.3, -0.25) is 9.98 Å². The number of pyridine rings is 1. The summed E-state index contributed by atoms with van der Waals surface area (Å²) in [7, 11) is 0. The maximum atomic E-state index is 4.48. The quantitative estimate of drug-likeness (QED) is 0.698. The van der Waals surface area contributed by atoms with E-state index in [0.717, 1.165) is 17.8 Å². The summed E-state index contributed by atoms with van der Waals surface area (Å²) in [5.74, 6) is 0.508. The highest BCUT2D eigenvalue weighted by molar-refractivity contribution is 6.07. The molecule has 1 aromatic heterocycles. The van der Waals surface area contributed by atoms with Gasteiger partial charge in [-0.2, -0.15) is 0 Å². The molecule has 0 spiro atoms. The van der Waals surface area contributed by atoms with Gasteiger partial charge in [0.2, 0.25) is 0 Å². The molecule has 0 saturated heterocycles. The molecule has 0 radical (unpaired) electrons. The lowest BCUT2D eigenvalue weighted by Crippen LogP contribution is -2.01. The average Bonchev–Trinajstić information content (AvgIpc) is 2.38. The van der Waals surface area contributed by atoms with Crippen LogP contribution in [0.3, 0.4) is 0 Å². The smallest absolute Gasteiger partial charge is 0.0886 e. The van der Waals surface area contributed by atoms with Crippen LogP contribution < -0.4 is 0 Å². The van der Waals surface area contributed by atoms with Crippen LogP contribution in [-0.4, -0.2) is 10.7 Å². The molecule has 0 fully saturated rings. The lowest BCUT2D eigenvalue weighted by Gasteiger charge is -2.05. The van der Waals surface area contributed by atoms with Crippen LogP contribution in [-0.2, 0) is 0 Å². The second kappa shape index (κ2) is 7.59. The zero-order valence-electron chi connectivity index (χ0n) is 11.7. The highest BCUT2D eigenvalue weighted by Crippen LogP contribution is 2.13. The van der Waals surface area contributed by atoms with Crippen molar-refractivity contribution in [2.75, 3.05) is 0 Å². The van der Waals surface area contributed by atoms with Crippen molar-refractivity contribution in [2.45, 2.75) is 40.0 Å². The third-order valence-electron chi connectivity index (χ3n) is 2.59. The molecular weight excluding hydrogens is 220 g/mol. The molecule has 0 aromatic carbocycles. The van der Waals surface area contributed by atoms with E-state index in [2.05, 4.69) is 36.8 Å². The van der Waals surface area contributed by atoms with Crippen LogP contribution in [0.5, 0.6) is 0 Å². The minimum atomic E-state index is 0.508. The van der Waals surface area contributed by atoms with Crippen LogP contribution in [0.25, 0.3) is 0 Å².